The Morgan fingerprint density at radius 3 is 2.50 bits per heavy atom. The minimum absolute atomic E-state index is 0.375. The molecule has 4 atom stereocenters. The summed E-state index contributed by atoms with van der Waals surface area (Å²) in [5.41, 5.74) is 1.11. The van der Waals surface area contributed by atoms with E-state index in [9.17, 15) is 15.3 Å². The number of hydrogen-bond donors (Lipinski definition) is 3. The van der Waals surface area contributed by atoms with Crippen LogP contribution in [0.2, 0.25) is 0 Å². The fraction of sp³-hybridized carbons (Fsp3) is 0.615. The molecule has 9 nitrogen and oxygen atoms in total. The van der Waals surface area contributed by atoms with Gasteiger partial charge in [-0.25, -0.2) is 9.97 Å². The molecule has 1 fully saturated rings. The number of rotatable bonds is 3. The van der Waals surface area contributed by atoms with Gasteiger partial charge in [-0.1, -0.05) is 0 Å². The van der Waals surface area contributed by atoms with Crippen molar-refractivity contribution in [3.05, 3.63) is 12.7 Å². The zero-order chi connectivity index (χ0) is 16.1. The molecule has 0 bridgehead atoms. The number of fused-ring (bicyclic) bond motifs is 1. The first-order valence-corrected chi connectivity index (χ1v) is 6.96. The maximum atomic E-state index is 10.1. The van der Waals surface area contributed by atoms with E-state index in [1.807, 2.05) is 21.1 Å². The average Bonchev–Trinajstić information content (AvgIpc) is 3.00. The smallest absolute Gasteiger partial charge is 0.258 e. The molecule has 3 rings (SSSR count). The Labute approximate surface area is 127 Å². The minimum atomic E-state index is -1.17. The summed E-state index contributed by atoms with van der Waals surface area (Å²) < 4.78 is 7.54. The fourth-order valence-corrected chi connectivity index (χ4v) is 2.63. The van der Waals surface area contributed by atoms with Crippen molar-refractivity contribution < 1.29 is 20.1 Å². The molecule has 3 N–H and O–H groups in total. The second kappa shape index (κ2) is 5.21. The van der Waals surface area contributed by atoms with E-state index in [1.54, 1.807) is 4.57 Å². The molecule has 1 aliphatic rings. The second-order valence-electron chi connectivity index (χ2n) is 6.26. The summed E-state index contributed by atoms with van der Waals surface area (Å²) in [6.07, 6.45) is -1.09. The number of aromatic nitrogens is 4. The highest BCUT2D eigenvalue weighted by Crippen LogP contribution is 2.32. The zero-order valence-electron chi connectivity index (χ0n) is 12.7. The van der Waals surface area contributed by atoms with Crippen LogP contribution in [0.1, 0.15) is 6.23 Å². The topological polar surface area (TPSA) is 114 Å². The van der Waals surface area contributed by atoms with Gasteiger partial charge in [-0.05, 0) is 0 Å². The number of aliphatic hydroxyl groups excluding tert-OH is 3. The van der Waals surface area contributed by atoms with Gasteiger partial charge >= 0.3 is 0 Å². The molecule has 9 heteroatoms. The highest BCUT2D eigenvalue weighted by Gasteiger charge is 2.44. The van der Waals surface area contributed by atoms with Gasteiger partial charge in [0.15, 0.2) is 17.4 Å². The van der Waals surface area contributed by atoms with Gasteiger partial charge in [0, 0.05) is 0 Å². The highest BCUT2D eigenvalue weighted by atomic mass is 16.6. The highest BCUT2D eigenvalue weighted by molar-refractivity contribution is 5.81. The van der Waals surface area contributed by atoms with E-state index in [0.29, 0.717) is 15.6 Å². The molecule has 120 valence electrons. The lowest BCUT2D eigenvalue weighted by Gasteiger charge is -2.22. The van der Waals surface area contributed by atoms with Gasteiger partial charge in [0.05, 0.1) is 34.1 Å². The largest absolute Gasteiger partial charge is 0.394 e. The van der Waals surface area contributed by atoms with Gasteiger partial charge in [-0.15, -0.1) is 0 Å². The average molecular weight is 310 g/mol. The van der Waals surface area contributed by atoms with Crippen molar-refractivity contribution in [2.45, 2.75) is 24.5 Å². The van der Waals surface area contributed by atoms with Gasteiger partial charge in [-0.3, -0.25) is 9.05 Å². The van der Waals surface area contributed by atoms with Crippen molar-refractivity contribution in [3.63, 3.8) is 0 Å². The van der Waals surface area contributed by atoms with Crippen LogP contribution in [0.3, 0.4) is 0 Å². The van der Waals surface area contributed by atoms with Crippen LogP contribution < -0.4 is 4.48 Å². The molecule has 0 radical (unpaired) electrons. The SMILES string of the molecule is C[N+](C)(C)c1ncnc2c1ncn2C1OC(CO)C(O)C1O. The van der Waals surface area contributed by atoms with Crippen LogP contribution in [0.25, 0.3) is 11.2 Å². The van der Waals surface area contributed by atoms with Crippen LogP contribution in [0.5, 0.6) is 0 Å². The molecule has 0 spiro atoms. The maximum absolute atomic E-state index is 10.1. The molecule has 3 heterocycles. The van der Waals surface area contributed by atoms with Crippen molar-refractivity contribution in [1.82, 2.24) is 24.0 Å². The third kappa shape index (κ3) is 2.27. The number of nitrogens with zero attached hydrogens (tertiary/aromatic N) is 5. The molecule has 2 aromatic rings. The molecule has 4 unspecified atom stereocenters. The molecular weight excluding hydrogens is 290 g/mol. The zero-order valence-corrected chi connectivity index (χ0v) is 12.7. The van der Waals surface area contributed by atoms with Crippen LogP contribution in [0.4, 0.5) is 5.82 Å². The first-order valence-electron chi connectivity index (χ1n) is 6.96. The molecule has 0 amide bonds. The Morgan fingerprint density at radius 2 is 1.91 bits per heavy atom. The summed E-state index contributed by atoms with van der Waals surface area (Å²) in [7, 11) is 5.90. The number of imidazole rings is 1. The van der Waals surface area contributed by atoms with Crippen LogP contribution in [-0.2, 0) is 4.74 Å². The molecule has 1 aliphatic heterocycles. The van der Waals surface area contributed by atoms with Crippen molar-refractivity contribution in [2.75, 3.05) is 27.7 Å². The first-order chi connectivity index (χ1) is 10.3. The van der Waals surface area contributed by atoms with Crippen molar-refractivity contribution >= 4 is 17.0 Å². The molecule has 0 aromatic carbocycles. The van der Waals surface area contributed by atoms with E-state index in [2.05, 4.69) is 15.0 Å². The number of quaternary nitrogens is 1. The lowest BCUT2D eigenvalue weighted by Crippen LogP contribution is -2.36. The third-order valence-corrected chi connectivity index (χ3v) is 3.77. The monoisotopic (exact) mass is 310 g/mol. The summed E-state index contributed by atoms with van der Waals surface area (Å²) in [4.78, 5) is 12.8. The summed E-state index contributed by atoms with van der Waals surface area (Å²) in [5.74, 6) is 0.732. The normalized spacial score (nSPS) is 29.4. The van der Waals surface area contributed by atoms with Crippen LogP contribution >= 0.6 is 0 Å². The van der Waals surface area contributed by atoms with Crippen LogP contribution in [0.15, 0.2) is 12.7 Å². The predicted octanol–water partition coefficient (Wildman–Crippen LogP) is -1.37. The maximum Gasteiger partial charge on any atom is 0.258 e. The van der Waals surface area contributed by atoms with Crippen LogP contribution in [0, 0.1) is 0 Å². The van der Waals surface area contributed by atoms with Gasteiger partial charge in [-0.2, -0.15) is 4.98 Å². The molecular formula is C13H20N5O4+. The number of aliphatic hydroxyl groups is 3. The van der Waals surface area contributed by atoms with Crippen LogP contribution in [-0.4, -0.2) is 80.9 Å². The van der Waals surface area contributed by atoms with Crippen molar-refractivity contribution in [3.8, 4) is 0 Å². The van der Waals surface area contributed by atoms with E-state index in [4.69, 9.17) is 4.74 Å². The lowest BCUT2D eigenvalue weighted by atomic mass is 10.1. The lowest BCUT2D eigenvalue weighted by molar-refractivity contribution is -0.0511. The Kier molecular flexibility index (Phi) is 3.62. The summed E-state index contributed by atoms with van der Waals surface area (Å²) >= 11 is 0. The number of hydrogen-bond acceptors (Lipinski definition) is 7. The van der Waals surface area contributed by atoms with E-state index in [-0.39, 0.29) is 6.61 Å². The summed E-state index contributed by atoms with van der Waals surface area (Å²) in [5, 5.41) is 29.2. The fourth-order valence-electron chi connectivity index (χ4n) is 2.63. The standard InChI is InChI=1S/C13H20N5O4/c1-18(2,3)12-8-11(14-5-15-12)17(6-16-8)13-10(21)9(20)7(4-19)22-13/h5-7,9-10,13,19-21H,4H2,1-3H3/q+1. The third-order valence-electron chi connectivity index (χ3n) is 3.77. The van der Waals surface area contributed by atoms with Crippen molar-refractivity contribution in [1.29, 1.82) is 0 Å². The van der Waals surface area contributed by atoms with Gasteiger partial charge in [0.25, 0.3) is 5.82 Å². The summed E-state index contributed by atoms with van der Waals surface area (Å²) in [6.45, 7) is -0.375. The molecule has 2 aromatic heterocycles. The molecule has 1 saturated heterocycles. The Bertz CT molecular complexity index is 683. The molecule has 0 aliphatic carbocycles. The van der Waals surface area contributed by atoms with E-state index < -0.39 is 24.5 Å². The van der Waals surface area contributed by atoms with E-state index in [0.717, 1.165) is 5.82 Å². The molecule has 0 saturated carbocycles. The predicted molar refractivity (Wildman–Crippen MR) is 77.9 cm³/mol. The second-order valence-corrected chi connectivity index (χ2v) is 6.26. The molecule has 22 heavy (non-hydrogen) atoms. The van der Waals surface area contributed by atoms with E-state index in [1.165, 1.54) is 12.7 Å². The quantitative estimate of drug-likeness (QED) is 0.600. The minimum Gasteiger partial charge on any atom is -0.394 e. The van der Waals surface area contributed by atoms with Gasteiger partial charge < -0.3 is 20.1 Å². The van der Waals surface area contributed by atoms with Gasteiger partial charge in [0.2, 0.25) is 0 Å². The Hall–Kier alpha value is -1.65. The summed E-state index contributed by atoms with van der Waals surface area (Å²) in [6, 6.07) is 0. The van der Waals surface area contributed by atoms with Crippen molar-refractivity contribution in [2.24, 2.45) is 0 Å². The Balaban J connectivity index is 2.07. The Morgan fingerprint density at radius 1 is 1.18 bits per heavy atom. The number of ether oxygens (including phenoxy) is 1. The van der Waals surface area contributed by atoms with E-state index >= 15 is 0 Å². The first kappa shape index (κ1) is 15.3. The van der Waals surface area contributed by atoms with Gasteiger partial charge in [0.1, 0.15) is 24.6 Å².